The summed E-state index contributed by atoms with van der Waals surface area (Å²) in [6.45, 7) is 1.87. The molecule has 0 saturated carbocycles. The summed E-state index contributed by atoms with van der Waals surface area (Å²) in [7, 11) is 0. The van der Waals surface area contributed by atoms with Crippen LogP contribution in [0.2, 0.25) is 0 Å². The number of hydrogen-bond acceptors (Lipinski definition) is 3. The van der Waals surface area contributed by atoms with Crippen molar-refractivity contribution in [3.8, 4) is 5.75 Å². The number of anilines is 1. The molecule has 0 amide bonds. The van der Waals surface area contributed by atoms with Gasteiger partial charge in [-0.1, -0.05) is 0 Å². The quantitative estimate of drug-likeness (QED) is 0.774. The van der Waals surface area contributed by atoms with E-state index in [9.17, 15) is 9.90 Å². The van der Waals surface area contributed by atoms with Gasteiger partial charge in [-0.25, -0.2) is 4.79 Å². The number of carbonyl (C=O) groups is 1. The van der Waals surface area contributed by atoms with Crippen LogP contribution in [-0.2, 0) is 0 Å². The first-order valence-electron chi connectivity index (χ1n) is 4.99. The zero-order valence-electron chi connectivity index (χ0n) is 8.31. The predicted octanol–water partition coefficient (Wildman–Crippen LogP) is 1.69. The van der Waals surface area contributed by atoms with Crippen LogP contribution < -0.4 is 4.90 Å². The van der Waals surface area contributed by atoms with Crippen LogP contribution in [-0.4, -0.2) is 29.3 Å². The van der Waals surface area contributed by atoms with Crippen molar-refractivity contribution in [2.24, 2.45) is 0 Å². The molecule has 4 heteroatoms. The van der Waals surface area contributed by atoms with Gasteiger partial charge in [-0.15, -0.1) is 0 Å². The Kier molecular flexibility index (Phi) is 2.49. The first kappa shape index (κ1) is 9.83. The number of phenolic OH excluding ortho intramolecular Hbond substituents is 1. The zero-order valence-corrected chi connectivity index (χ0v) is 8.31. The van der Waals surface area contributed by atoms with Gasteiger partial charge in [-0.2, -0.15) is 0 Å². The van der Waals surface area contributed by atoms with Crippen LogP contribution in [0, 0.1) is 0 Å². The second kappa shape index (κ2) is 3.81. The molecule has 1 aliphatic heterocycles. The van der Waals surface area contributed by atoms with E-state index in [1.165, 1.54) is 6.07 Å². The molecule has 2 N–H and O–H groups in total. The lowest BCUT2D eigenvalue weighted by molar-refractivity contribution is 0.0696. The van der Waals surface area contributed by atoms with Crippen molar-refractivity contribution in [3.63, 3.8) is 0 Å². The lowest BCUT2D eigenvalue weighted by atomic mass is 10.2. The van der Waals surface area contributed by atoms with Crippen molar-refractivity contribution < 1.29 is 15.0 Å². The van der Waals surface area contributed by atoms with Crippen molar-refractivity contribution in [1.82, 2.24) is 0 Å². The van der Waals surface area contributed by atoms with E-state index in [0.717, 1.165) is 31.6 Å². The minimum Gasteiger partial charge on any atom is -0.508 e. The van der Waals surface area contributed by atoms with Crippen molar-refractivity contribution in [2.45, 2.75) is 12.8 Å². The molecule has 1 fully saturated rings. The largest absolute Gasteiger partial charge is 0.508 e. The Labute approximate surface area is 87.8 Å². The van der Waals surface area contributed by atoms with Gasteiger partial charge in [-0.05, 0) is 25.0 Å². The van der Waals surface area contributed by atoms with Crippen molar-refractivity contribution in [3.05, 3.63) is 23.8 Å². The molecule has 0 aromatic heterocycles. The second-order valence-electron chi connectivity index (χ2n) is 3.74. The molecule has 1 heterocycles. The molecule has 0 unspecified atom stereocenters. The molecule has 4 nitrogen and oxygen atoms in total. The maximum atomic E-state index is 10.8. The molecule has 2 rings (SSSR count). The molecule has 0 bridgehead atoms. The molecule has 15 heavy (non-hydrogen) atoms. The zero-order chi connectivity index (χ0) is 10.8. The van der Waals surface area contributed by atoms with E-state index in [0.29, 0.717) is 0 Å². The number of carboxylic acid groups (broad SMARTS) is 1. The fraction of sp³-hybridized carbons (Fsp3) is 0.364. The average molecular weight is 207 g/mol. The summed E-state index contributed by atoms with van der Waals surface area (Å²) in [5.74, 6) is -0.997. The highest BCUT2D eigenvalue weighted by Gasteiger charge is 2.15. The Morgan fingerprint density at radius 2 is 1.87 bits per heavy atom. The highest BCUT2D eigenvalue weighted by atomic mass is 16.4. The highest BCUT2D eigenvalue weighted by Crippen LogP contribution is 2.26. The van der Waals surface area contributed by atoms with Gasteiger partial charge in [0, 0.05) is 24.8 Å². The molecule has 0 atom stereocenters. The number of aromatic carboxylic acids is 1. The molecule has 1 aromatic carbocycles. The third-order valence-corrected chi connectivity index (χ3v) is 2.62. The van der Waals surface area contributed by atoms with Gasteiger partial charge in [-0.3, -0.25) is 0 Å². The molecule has 0 spiro atoms. The maximum absolute atomic E-state index is 10.8. The Hall–Kier alpha value is -1.71. The van der Waals surface area contributed by atoms with Gasteiger partial charge in [0.1, 0.15) is 5.75 Å². The Morgan fingerprint density at radius 3 is 2.47 bits per heavy atom. The SMILES string of the molecule is O=C(O)c1cc(O)cc(N2CCCC2)c1. The van der Waals surface area contributed by atoms with Crippen LogP contribution in [0.15, 0.2) is 18.2 Å². The first-order valence-corrected chi connectivity index (χ1v) is 4.99. The molecule has 1 aliphatic rings. The van der Waals surface area contributed by atoms with Gasteiger partial charge < -0.3 is 15.1 Å². The van der Waals surface area contributed by atoms with Crippen molar-refractivity contribution >= 4 is 11.7 Å². The number of carboxylic acids is 1. The summed E-state index contributed by atoms with van der Waals surface area (Å²) in [4.78, 5) is 12.9. The summed E-state index contributed by atoms with van der Waals surface area (Å²) in [6.07, 6.45) is 2.25. The standard InChI is InChI=1S/C11H13NO3/c13-10-6-8(11(14)15)5-9(7-10)12-3-1-2-4-12/h5-7,13H,1-4H2,(H,14,15). The van der Waals surface area contributed by atoms with Crippen LogP contribution >= 0.6 is 0 Å². The van der Waals surface area contributed by atoms with Crippen LogP contribution in [0.25, 0.3) is 0 Å². The lowest BCUT2D eigenvalue weighted by Crippen LogP contribution is -2.17. The van der Waals surface area contributed by atoms with E-state index in [1.54, 1.807) is 12.1 Å². The lowest BCUT2D eigenvalue weighted by Gasteiger charge is -2.18. The summed E-state index contributed by atoms with van der Waals surface area (Å²) in [5.41, 5.74) is 0.932. The molecule has 1 saturated heterocycles. The van der Waals surface area contributed by atoms with E-state index in [2.05, 4.69) is 4.90 Å². The number of rotatable bonds is 2. The van der Waals surface area contributed by atoms with Crippen LogP contribution in [0.3, 0.4) is 0 Å². The Bertz CT molecular complexity index is 383. The van der Waals surface area contributed by atoms with Crippen molar-refractivity contribution in [1.29, 1.82) is 0 Å². The normalized spacial score (nSPS) is 15.6. The van der Waals surface area contributed by atoms with E-state index in [-0.39, 0.29) is 11.3 Å². The summed E-state index contributed by atoms with van der Waals surface area (Å²) in [6, 6.07) is 4.48. The Morgan fingerprint density at radius 1 is 1.20 bits per heavy atom. The fourth-order valence-corrected chi connectivity index (χ4v) is 1.88. The number of benzene rings is 1. The Balaban J connectivity index is 2.34. The van der Waals surface area contributed by atoms with Gasteiger partial charge in [0.25, 0.3) is 0 Å². The van der Waals surface area contributed by atoms with Crippen LogP contribution in [0.5, 0.6) is 5.75 Å². The van der Waals surface area contributed by atoms with Gasteiger partial charge >= 0.3 is 5.97 Å². The van der Waals surface area contributed by atoms with Crippen molar-refractivity contribution in [2.75, 3.05) is 18.0 Å². The number of aromatic hydroxyl groups is 1. The molecular weight excluding hydrogens is 194 g/mol. The van der Waals surface area contributed by atoms with E-state index in [1.807, 2.05) is 0 Å². The molecule has 0 aliphatic carbocycles. The molecular formula is C11H13NO3. The number of phenols is 1. The second-order valence-corrected chi connectivity index (χ2v) is 3.74. The van der Waals surface area contributed by atoms with Crippen LogP contribution in [0.4, 0.5) is 5.69 Å². The molecule has 0 radical (unpaired) electrons. The van der Waals surface area contributed by atoms with Crippen LogP contribution in [0.1, 0.15) is 23.2 Å². The maximum Gasteiger partial charge on any atom is 0.335 e. The third kappa shape index (κ3) is 2.03. The topological polar surface area (TPSA) is 60.8 Å². The molecule has 1 aromatic rings. The van der Waals surface area contributed by atoms with Gasteiger partial charge in [0.05, 0.1) is 5.56 Å². The summed E-state index contributed by atoms with van der Waals surface area (Å²) in [5, 5.41) is 18.3. The molecule has 80 valence electrons. The smallest absolute Gasteiger partial charge is 0.335 e. The first-order chi connectivity index (χ1) is 7.16. The summed E-state index contributed by atoms with van der Waals surface area (Å²) < 4.78 is 0. The predicted molar refractivity (Wildman–Crippen MR) is 56.5 cm³/mol. The monoisotopic (exact) mass is 207 g/mol. The third-order valence-electron chi connectivity index (χ3n) is 2.62. The minimum absolute atomic E-state index is 0.0109. The number of hydrogen-bond donors (Lipinski definition) is 2. The average Bonchev–Trinajstić information content (AvgIpc) is 2.69. The van der Waals surface area contributed by atoms with E-state index < -0.39 is 5.97 Å². The fourth-order valence-electron chi connectivity index (χ4n) is 1.88. The highest BCUT2D eigenvalue weighted by molar-refractivity contribution is 5.89. The van der Waals surface area contributed by atoms with E-state index in [4.69, 9.17) is 5.11 Å². The summed E-state index contributed by atoms with van der Waals surface area (Å²) >= 11 is 0. The van der Waals surface area contributed by atoms with Gasteiger partial charge in [0.15, 0.2) is 0 Å². The van der Waals surface area contributed by atoms with Gasteiger partial charge in [0.2, 0.25) is 0 Å². The van der Waals surface area contributed by atoms with E-state index >= 15 is 0 Å². The minimum atomic E-state index is -1.01. The number of nitrogens with zero attached hydrogens (tertiary/aromatic N) is 1.